The number of carboxylic acid groups (broad SMARTS) is 1. The molecular weight excluding hydrogens is 430 g/mol. The molecule has 0 saturated heterocycles. The molecule has 1 atom stereocenters. The Balaban J connectivity index is 1.46. The first-order valence-electron chi connectivity index (χ1n) is 9.91. The Kier molecular flexibility index (Phi) is 6.49. The van der Waals surface area contributed by atoms with E-state index in [9.17, 15) is 4.79 Å². The van der Waals surface area contributed by atoms with E-state index in [0.29, 0.717) is 34.6 Å². The maximum absolute atomic E-state index is 10.9. The molecule has 1 aromatic heterocycles. The summed E-state index contributed by atoms with van der Waals surface area (Å²) in [6.45, 7) is 1.96. The van der Waals surface area contributed by atoms with Crippen LogP contribution in [0.25, 0.3) is 22.8 Å². The van der Waals surface area contributed by atoms with Crippen molar-refractivity contribution < 1.29 is 19.2 Å². The van der Waals surface area contributed by atoms with E-state index in [2.05, 4.69) is 15.5 Å². The fourth-order valence-electron chi connectivity index (χ4n) is 2.95. The van der Waals surface area contributed by atoms with Crippen LogP contribution in [0.1, 0.15) is 12.5 Å². The van der Waals surface area contributed by atoms with Crippen molar-refractivity contribution in [3.8, 4) is 34.3 Å². The van der Waals surface area contributed by atoms with Crippen LogP contribution in [0, 0.1) is 0 Å². The zero-order valence-electron chi connectivity index (χ0n) is 17.2. The average molecular weight is 450 g/mol. The second-order valence-electron chi connectivity index (χ2n) is 7.12. The second-order valence-corrected chi connectivity index (χ2v) is 7.52. The number of nitrogens with zero attached hydrogens (tertiary/aromatic N) is 2. The van der Waals surface area contributed by atoms with E-state index < -0.39 is 12.0 Å². The predicted octanol–water partition coefficient (Wildman–Crippen LogP) is 5.41. The van der Waals surface area contributed by atoms with E-state index in [1.165, 1.54) is 0 Å². The summed E-state index contributed by atoms with van der Waals surface area (Å²) in [5.74, 6) is 1.28. The number of benzene rings is 3. The molecule has 0 radical (unpaired) electrons. The molecule has 0 bridgehead atoms. The summed E-state index contributed by atoms with van der Waals surface area (Å²) in [5.41, 5.74) is 2.23. The lowest BCUT2D eigenvalue weighted by atomic mass is 10.1. The lowest BCUT2D eigenvalue weighted by molar-refractivity contribution is -0.139. The molecule has 4 rings (SSSR count). The van der Waals surface area contributed by atoms with Crippen molar-refractivity contribution in [3.05, 3.63) is 83.4 Å². The van der Waals surface area contributed by atoms with Gasteiger partial charge in [0.2, 0.25) is 5.82 Å². The third kappa shape index (κ3) is 5.14. The van der Waals surface area contributed by atoms with Gasteiger partial charge in [-0.15, -0.1) is 0 Å². The number of aliphatic carboxylic acids is 1. The molecule has 0 spiro atoms. The molecule has 0 fully saturated rings. The van der Waals surface area contributed by atoms with Crippen LogP contribution >= 0.6 is 11.6 Å². The van der Waals surface area contributed by atoms with Gasteiger partial charge in [0, 0.05) is 17.7 Å². The summed E-state index contributed by atoms with van der Waals surface area (Å²) in [5, 5.41) is 16.4. The Morgan fingerprint density at radius 2 is 1.81 bits per heavy atom. The van der Waals surface area contributed by atoms with E-state index in [-0.39, 0.29) is 0 Å². The maximum Gasteiger partial charge on any atom is 0.320 e. The topological polar surface area (TPSA) is 97.5 Å². The quantitative estimate of drug-likeness (QED) is 0.371. The maximum atomic E-state index is 10.9. The monoisotopic (exact) mass is 449 g/mol. The van der Waals surface area contributed by atoms with Crippen molar-refractivity contribution in [2.24, 2.45) is 0 Å². The molecule has 0 aliphatic rings. The molecule has 1 heterocycles. The van der Waals surface area contributed by atoms with Gasteiger partial charge < -0.3 is 19.7 Å². The van der Waals surface area contributed by atoms with E-state index in [0.717, 1.165) is 16.9 Å². The Morgan fingerprint density at radius 1 is 1.09 bits per heavy atom. The Bertz CT molecular complexity index is 1210. The van der Waals surface area contributed by atoms with Crippen molar-refractivity contribution in [1.82, 2.24) is 15.5 Å². The SMILES string of the molecule is C[C@H](NCc1ccc(-c2noc(-c3ccc(Oc4ccccc4)cc3)n2)c(Cl)c1)C(=O)O. The number of carboxylic acids is 1. The van der Waals surface area contributed by atoms with Crippen LogP contribution in [0.5, 0.6) is 11.5 Å². The summed E-state index contributed by atoms with van der Waals surface area (Å²) in [4.78, 5) is 15.4. The molecule has 4 aromatic rings. The van der Waals surface area contributed by atoms with Gasteiger partial charge in [-0.3, -0.25) is 4.79 Å². The Hall–Kier alpha value is -3.68. The molecule has 0 unspecified atom stereocenters. The minimum atomic E-state index is -0.910. The molecular formula is C24H20ClN3O4. The highest BCUT2D eigenvalue weighted by atomic mass is 35.5. The van der Waals surface area contributed by atoms with Crippen LogP contribution in [0.4, 0.5) is 0 Å². The van der Waals surface area contributed by atoms with Crippen LogP contribution in [0.15, 0.2) is 77.3 Å². The highest BCUT2D eigenvalue weighted by molar-refractivity contribution is 6.33. The number of hydrogen-bond acceptors (Lipinski definition) is 6. The first-order valence-corrected chi connectivity index (χ1v) is 10.3. The van der Waals surface area contributed by atoms with Gasteiger partial charge in [-0.2, -0.15) is 4.98 Å². The average Bonchev–Trinajstić information content (AvgIpc) is 3.28. The van der Waals surface area contributed by atoms with Crippen LogP contribution in [0.3, 0.4) is 0 Å². The molecule has 0 aliphatic carbocycles. The standard InChI is InChI=1S/C24H20ClN3O4/c1-15(24(29)30)26-14-16-7-12-20(21(25)13-16)22-27-23(32-28-22)17-8-10-19(11-9-17)31-18-5-3-2-4-6-18/h2-13,15,26H,14H2,1H3,(H,29,30)/t15-/m0/s1. The molecule has 32 heavy (non-hydrogen) atoms. The minimum absolute atomic E-state index is 0.364. The van der Waals surface area contributed by atoms with Crippen molar-refractivity contribution in [3.63, 3.8) is 0 Å². The van der Waals surface area contributed by atoms with Crippen molar-refractivity contribution in [1.29, 1.82) is 0 Å². The fourth-order valence-corrected chi connectivity index (χ4v) is 3.24. The largest absolute Gasteiger partial charge is 0.480 e. The Labute approximate surface area is 189 Å². The third-order valence-corrected chi connectivity index (χ3v) is 5.08. The number of hydrogen-bond donors (Lipinski definition) is 2. The van der Waals surface area contributed by atoms with Gasteiger partial charge >= 0.3 is 5.97 Å². The molecule has 7 nitrogen and oxygen atoms in total. The van der Waals surface area contributed by atoms with Crippen molar-refractivity contribution in [2.45, 2.75) is 19.5 Å². The van der Waals surface area contributed by atoms with Gasteiger partial charge in [0.25, 0.3) is 5.89 Å². The predicted molar refractivity (Wildman–Crippen MR) is 121 cm³/mol. The smallest absolute Gasteiger partial charge is 0.320 e. The van der Waals surface area contributed by atoms with Crippen molar-refractivity contribution in [2.75, 3.05) is 0 Å². The molecule has 2 N–H and O–H groups in total. The minimum Gasteiger partial charge on any atom is -0.480 e. The highest BCUT2D eigenvalue weighted by Gasteiger charge is 2.15. The second kappa shape index (κ2) is 9.64. The van der Waals surface area contributed by atoms with Crippen LogP contribution < -0.4 is 10.1 Å². The number of halogens is 1. The van der Waals surface area contributed by atoms with Crippen LogP contribution in [0.2, 0.25) is 5.02 Å². The van der Waals surface area contributed by atoms with Gasteiger partial charge in [-0.05, 0) is 61.0 Å². The molecule has 8 heteroatoms. The van der Waals surface area contributed by atoms with Gasteiger partial charge in [-0.1, -0.05) is 41.0 Å². The van der Waals surface area contributed by atoms with Crippen LogP contribution in [-0.4, -0.2) is 27.3 Å². The highest BCUT2D eigenvalue weighted by Crippen LogP contribution is 2.30. The van der Waals surface area contributed by atoms with Crippen molar-refractivity contribution >= 4 is 17.6 Å². The molecule has 3 aromatic carbocycles. The first kappa shape index (κ1) is 21.5. The van der Waals surface area contributed by atoms with Gasteiger partial charge in [0.15, 0.2) is 0 Å². The lowest BCUT2D eigenvalue weighted by Crippen LogP contribution is -2.33. The zero-order valence-corrected chi connectivity index (χ0v) is 17.9. The van der Waals surface area contributed by atoms with E-state index in [4.69, 9.17) is 26.0 Å². The summed E-state index contributed by atoms with van der Waals surface area (Å²) in [6, 6.07) is 21.6. The number of carbonyl (C=O) groups is 1. The first-order chi connectivity index (χ1) is 15.5. The summed E-state index contributed by atoms with van der Waals surface area (Å²) in [6.07, 6.45) is 0. The van der Waals surface area contributed by atoms with Crippen LogP contribution in [-0.2, 0) is 11.3 Å². The normalized spacial score (nSPS) is 11.8. The summed E-state index contributed by atoms with van der Waals surface area (Å²) >= 11 is 6.41. The fraction of sp³-hybridized carbons (Fsp3) is 0.125. The van der Waals surface area contributed by atoms with E-state index in [1.807, 2.05) is 60.7 Å². The van der Waals surface area contributed by atoms with Gasteiger partial charge in [0.05, 0.1) is 5.02 Å². The molecule has 0 aliphatic heterocycles. The number of ether oxygens (including phenoxy) is 1. The van der Waals surface area contributed by atoms with E-state index >= 15 is 0 Å². The third-order valence-electron chi connectivity index (χ3n) is 4.76. The number of para-hydroxylation sites is 1. The summed E-state index contributed by atoms with van der Waals surface area (Å²) in [7, 11) is 0. The van der Waals surface area contributed by atoms with E-state index in [1.54, 1.807) is 19.1 Å². The molecule has 0 amide bonds. The van der Waals surface area contributed by atoms with Gasteiger partial charge in [-0.25, -0.2) is 0 Å². The number of aromatic nitrogens is 2. The number of rotatable bonds is 8. The molecule has 162 valence electrons. The Morgan fingerprint density at radius 3 is 2.50 bits per heavy atom. The zero-order chi connectivity index (χ0) is 22.5. The summed E-state index contributed by atoms with van der Waals surface area (Å²) < 4.78 is 11.2. The molecule has 0 saturated carbocycles. The van der Waals surface area contributed by atoms with Gasteiger partial charge in [0.1, 0.15) is 17.5 Å². The lowest BCUT2D eigenvalue weighted by Gasteiger charge is -2.10. The number of nitrogens with one attached hydrogen (secondary N) is 1.